The molecular weight excluding hydrogens is 238 g/mol. The Kier molecular flexibility index (Phi) is 3.64. The fourth-order valence-electron chi connectivity index (χ4n) is 1.90. The molecule has 1 N–H and O–H groups in total. The lowest BCUT2D eigenvalue weighted by atomic mass is 9.97. The molecule has 0 amide bonds. The average molecular weight is 252 g/mol. The van der Waals surface area contributed by atoms with Crippen molar-refractivity contribution in [2.45, 2.75) is 13.0 Å². The van der Waals surface area contributed by atoms with E-state index in [1.165, 1.54) is 16.7 Å². The second kappa shape index (κ2) is 5.00. The van der Waals surface area contributed by atoms with E-state index in [4.69, 9.17) is 11.6 Å². The Balaban J connectivity index is 2.41. The van der Waals surface area contributed by atoms with Crippen LogP contribution in [0, 0.1) is 6.92 Å². The molecule has 84 valence electrons. The summed E-state index contributed by atoms with van der Waals surface area (Å²) in [6.45, 7) is 2.10. The monoisotopic (exact) mass is 251 g/mol. The van der Waals surface area contributed by atoms with Crippen molar-refractivity contribution in [3.05, 3.63) is 56.7 Å². The quantitative estimate of drug-likeness (QED) is 0.869. The van der Waals surface area contributed by atoms with Crippen LogP contribution >= 0.6 is 22.9 Å². The Morgan fingerprint density at radius 3 is 2.69 bits per heavy atom. The van der Waals surface area contributed by atoms with Crippen molar-refractivity contribution >= 4 is 22.9 Å². The predicted molar refractivity (Wildman–Crippen MR) is 71.4 cm³/mol. The van der Waals surface area contributed by atoms with E-state index in [0.29, 0.717) is 0 Å². The first kappa shape index (κ1) is 11.6. The highest BCUT2D eigenvalue weighted by Gasteiger charge is 2.14. The van der Waals surface area contributed by atoms with Crippen LogP contribution in [0.1, 0.15) is 22.7 Å². The third kappa shape index (κ3) is 2.29. The van der Waals surface area contributed by atoms with Crippen LogP contribution in [0.25, 0.3) is 0 Å². The first-order valence-electron chi connectivity index (χ1n) is 5.18. The van der Waals surface area contributed by atoms with Gasteiger partial charge < -0.3 is 5.32 Å². The summed E-state index contributed by atoms with van der Waals surface area (Å²) >= 11 is 7.69. The van der Waals surface area contributed by atoms with Crippen LogP contribution in [-0.2, 0) is 0 Å². The topological polar surface area (TPSA) is 12.0 Å². The van der Waals surface area contributed by atoms with Gasteiger partial charge in [0, 0.05) is 5.02 Å². The van der Waals surface area contributed by atoms with Crippen LogP contribution in [0.3, 0.4) is 0 Å². The average Bonchev–Trinajstić information content (AvgIpc) is 2.75. The van der Waals surface area contributed by atoms with E-state index in [1.54, 1.807) is 11.3 Å². The van der Waals surface area contributed by atoms with Crippen molar-refractivity contribution in [2.75, 3.05) is 7.05 Å². The molecular formula is C13H14ClNS. The van der Waals surface area contributed by atoms with Crippen LogP contribution in [-0.4, -0.2) is 7.05 Å². The molecule has 1 aromatic carbocycles. The molecule has 1 unspecified atom stereocenters. The standard InChI is InChI=1S/C13H14ClNS/c1-9-7-11(14)3-4-12(9)13(15-2)10-5-6-16-8-10/h3-8,13,15H,1-2H3. The van der Waals surface area contributed by atoms with Crippen molar-refractivity contribution in [1.82, 2.24) is 5.32 Å². The summed E-state index contributed by atoms with van der Waals surface area (Å²) in [6.07, 6.45) is 0. The molecule has 2 rings (SSSR count). The summed E-state index contributed by atoms with van der Waals surface area (Å²) in [7, 11) is 1.98. The maximum Gasteiger partial charge on any atom is 0.0585 e. The molecule has 0 aliphatic rings. The van der Waals surface area contributed by atoms with Crippen LogP contribution < -0.4 is 5.32 Å². The van der Waals surface area contributed by atoms with E-state index in [2.05, 4.69) is 35.1 Å². The van der Waals surface area contributed by atoms with Gasteiger partial charge in [-0.2, -0.15) is 11.3 Å². The lowest BCUT2D eigenvalue weighted by Gasteiger charge is -2.18. The maximum absolute atomic E-state index is 5.97. The largest absolute Gasteiger partial charge is 0.309 e. The number of rotatable bonds is 3. The van der Waals surface area contributed by atoms with Gasteiger partial charge in [-0.05, 0) is 59.6 Å². The first-order chi connectivity index (χ1) is 7.72. The van der Waals surface area contributed by atoms with Gasteiger partial charge in [0.25, 0.3) is 0 Å². The van der Waals surface area contributed by atoms with Gasteiger partial charge >= 0.3 is 0 Å². The van der Waals surface area contributed by atoms with Gasteiger partial charge in [-0.15, -0.1) is 0 Å². The lowest BCUT2D eigenvalue weighted by molar-refractivity contribution is 0.690. The fraction of sp³-hybridized carbons (Fsp3) is 0.231. The van der Waals surface area contributed by atoms with E-state index < -0.39 is 0 Å². The van der Waals surface area contributed by atoms with E-state index in [9.17, 15) is 0 Å². The minimum absolute atomic E-state index is 0.253. The third-order valence-corrected chi connectivity index (χ3v) is 3.64. The van der Waals surface area contributed by atoms with Gasteiger partial charge in [0.1, 0.15) is 0 Å². The molecule has 0 saturated carbocycles. The number of nitrogens with one attached hydrogen (secondary N) is 1. The minimum Gasteiger partial charge on any atom is -0.309 e. The highest BCUT2D eigenvalue weighted by molar-refractivity contribution is 7.08. The second-order valence-corrected chi connectivity index (χ2v) is 5.00. The van der Waals surface area contributed by atoms with Gasteiger partial charge in [0.05, 0.1) is 6.04 Å². The van der Waals surface area contributed by atoms with Crippen molar-refractivity contribution in [3.8, 4) is 0 Å². The number of aryl methyl sites for hydroxylation is 1. The highest BCUT2D eigenvalue weighted by atomic mass is 35.5. The zero-order chi connectivity index (χ0) is 11.5. The van der Waals surface area contributed by atoms with Gasteiger partial charge in [0.15, 0.2) is 0 Å². The number of halogens is 1. The molecule has 0 spiro atoms. The Labute approximate surface area is 105 Å². The zero-order valence-electron chi connectivity index (χ0n) is 9.33. The molecule has 0 saturated heterocycles. The Bertz CT molecular complexity index is 465. The Morgan fingerprint density at radius 1 is 1.31 bits per heavy atom. The third-order valence-electron chi connectivity index (χ3n) is 2.71. The van der Waals surface area contributed by atoms with E-state index in [1.807, 2.05) is 19.2 Å². The van der Waals surface area contributed by atoms with E-state index in [0.717, 1.165) is 5.02 Å². The van der Waals surface area contributed by atoms with Crippen LogP contribution in [0.15, 0.2) is 35.0 Å². The summed E-state index contributed by atoms with van der Waals surface area (Å²) in [5, 5.41) is 8.42. The zero-order valence-corrected chi connectivity index (χ0v) is 10.9. The molecule has 0 bridgehead atoms. The summed E-state index contributed by atoms with van der Waals surface area (Å²) < 4.78 is 0. The van der Waals surface area contributed by atoms with Crippen molar-refractivity contribution in [2.24, 2.45) is 0 Å². The lowest BCUT2D eigenvalue weighted by Crippen LogP contribution is -2.17. The molecule has 16 heavy (non-hydrogen) atoms. The molecule has 1 heterocycles. The van der Waals surface area contributed by atoms with Gasteiger partial charge in [0.2, 0.25) is 0 Å². The smallest absolute Gasteiger partial charge is 0.0585 e. The number of thiophene rings is 1. The van der Waals surface area contributed by atoms with Crippen molar-refractivity contribution in [3.63, 3.8) is 0 Å². The summed E-state index contributed by atoms with van der Waals surface area (Å²) in [5.74, 6) is 0. The minimum atomic E-state index is 0.253. The SMILES string of the molecule is CNC(c1ccsc1)c1ccc(Cl)cc1C. The van der Waals surface area contributed by atoms with Crippen LogP contribution in [0.2, 0.25) is 5.02 Å². The van der Waals surface area contributed by atoms with Crippen LogP contribution in [0.5, 0.6) is 0 Å². The molecule has 0 radical (unpaired) electrons. The number of hydrogen-bond acceptors (Lipinski definition) is 2. The van der Waals surface area contributed by atoms with E-state index >= 15 is 0 Å². The maximum atomic E-state index is 5.97. The Hall–Kier alpha value is -0.830. The Morgan fingerprint density at radius 2 is 2.12 bits per heavy atom. The molecule has 1 nitrogen and oxygen atoms in total. The molecule has 0 aliphatic carbocycles. The molecule has 1 atom stereocenters. The normalized spacial score (nSPS) is 12.7. The molecule has 0 fully saturated rings. The van der Waals surface area contributed by atoms with Gasteiger partial charge in [-0.25, -0.2) is 0 Å². The van der Waals surface area contributed by atoms with E-state index in [-0.39, 0.29) is 6.04 Å². The molecule has 2 aromatic rings. The summed E-state index contributed by atoms with van der Waals surface area (Å²) in [5.41, 5.74) is 3.81. The van der Waals surface area contributed by atoms with Crippen molar-refractivity contribution in [1.29, 1.82) is 0 Å². The summed E-state index contributed by atoms with van der Waals surface area (Å²) in [4.78, 5) is 0. The molecule has 1 aromatic heterocycles. The molecule has 0 aliphatic heterocycles. The van der Waals surface area contributed by atoms with Crippen LogP contribution in [0.4, 0.5) is 0 Å². The second-order valence-electron chi connectivity index (χ2n) is 3.78. The number of hydrogen-bond donors (Lipinski definition) is 1. The predicted octanol–water partition coefficient (Wildman–Crippen LogP) is 4.02. The summed E-state index contributed by atoms with van der Waals surface area (Å²) in [6, 6.07) is 8.45. The number of benzene rings is 1. The first-order valence-corrected chi connectivity index (χ1v) is 6.50. The van der Waals surface area contributed by atoms with Gasteiger partial charge in [-0.1, -0.05) is 17.7 Å². The highest BCUT2D eigenvalue weighted by Crippen LogP contribution is 2.27. The molecule has 3 heteroatoms. The van der Waals surface area contributed by atoms with Gasteiger partial charge in [-0.3, -0.25) is 0 Å². The fourth-order valence-corrected chi connectivity index (χ4v) is 2.82. The van der Waals surface area contributed by atoms with Crippen molar-refractivity contribution < 1.29 is 0 Å².